The smallest absolute Gasteiger partial charge is 0.0642 e. The highest BCUT2D eigenvalue weighted by atomic mass is 14.7. The zero-order valence-corrected chi connectivity index (χ0v) is 7.26. The monoisotopic (exact) mass is 147 g/mol. The molecule has 0 spiro atoms. The predicted molar refractivity (Wildman–Crippen MR) is 50.0 cm³/mol. The van der Waals surface area contributed by atoms with E-state index in [0.717, 1.165) is 5.71 Å². The molecule has 0 unspecified atom stereocenters. The fraction of sp³-hybridized carbons (Fsp3) is 0.300. The van der Waals surface area contributed by atoms with Crippen molar-refractivity contribution in [2.75, 3.05) is 7.05 Å². The van der Waals surface area contributed by atoms with E-state index >= 15 is 0 Å². The molecular weight excluding hydrogens is 134 g/mol. The average Bonchev–Trinajstić information content (AvgIpc) is 2.04. The second kappa shape index (κ2) is 3.33. The van der Waals surface area contributed by atoms with Crippen molar-refractivity contribution in [3.63, 3.8) is 0 Å². The summed E-state index contributed by atoms with van der Waals surface area (Å²) in [6, 6.07) is 0. The number of hydrogen-bond acceptors (Lipinski definition) is 1. The number of nitrogens with zero attached hydrogens (tertiary/aromatic N) is 1. The van der Waals surface area contributed by atoms with Gasteiger partial charge in [0.05, 0.1) is 5.71 Å². The Labute approximate surface area is 67.8 Å². The van der Waals surface area contributed by atoms with Gasteiger partial charge in [0.2, 0.25) is 0 Å². The molecule has 0 saturated heterocycles. The van der Waals surface area contributed by atoms with E-state index in [1.54, 1.807) is 0 Å². The van der Waals surface area contributed by atoms with E-state index < -0.39 is 0 Å². The van der Waals surface area contributed by atoms with Crippen molar-refractivity contribution in [1.82, 2.24) is 0 Å². The summed E-state index contributed by atoms with van der Waals surface area (Å²) in [6.45, 7) is 4.20. The first-order chi connectivity index (χ1) is 5.25. The van der Waals surface area contributed by atoms with Gasteiger partial charge in [-0.3, -0.25) is 4.99 Å². The molecule has 1 aliphatic rings. The predicted octanol–water partition coefficient (Wildman–Crippen LogP) is 2.52. The Bertz CT molecular complexity index is 261. The van der Waals surface area contributed by atoms with Gasteiger partial charge >= 0.3 is 0 Å². The summed E-state index contributed by atoms with van der Waals surface area (Å²) in [5.74, 6) is 0. The minimum atomic E-state index is 1.08. The molecule has 0 aliphatic heterocycles. The van der Waals surface area contributed by atoms with E-state index in [4.69, 9.17) is 0 Å². The van der Waals surface area contributed by atoms with Gasteiger partial charge in [-0.25, -0.2) is 0 Å². The Morgan fingerprint density at radius 1 is 1.18 bits per heavy atom. The number of aliphatic imine (C=N–C) groups is 1. The first-order valence-electron chi connectivity index (χ1n) is 3.75. The third kappa shape index (κ3) is 1.67. The maximum absolute atomic E-state index is 4.17. The Morgan fingerprint density at radius 2 is 1.82 bits per heavy atom. The average molecular weight is 147 g/mol. The van der Waals surface area contributed by atoms with Crippen LogP contribution in [0.15, 0.2) is 40.4 Å². The van der Waals surface area contributed by atoms with Crippen molar-refractivity contribution in [2.45, 2.75) is 13.8 Å². The Morgan fingerprint density at radius 3 is 2.27 bits per heavy atom. The summed E-state index contributed by atoms with van der Waals surface area (Å²) in [5.41, 5.74) is 3.63. The van der Waals surface area contributed by atoms with Crippen LogP contribution in [0.1, 0.15) is 13.8 Å². The topological polar surface area (TPSA) is 12.4 Å². The normalized spacial score (nSPS) is 19.5. The summed E-state index contributed by atoms with van der Waals surface area (Å²) in [5, 5.41) is 0. The lowest BCUT2D eigenvalue weighted by molar-refractivity contribution is 1.34. The molecule has 58 valence electrons. The molecule has 1 heteroatoms. The molecule has 0 amide bonds. The summed E-state index contributed by atoms with van der Waals surface area (Å²) in [6.07, 6.45) is 8.17. The molecular formula is C10H13N. The molecule has 0 aromatic rings. The summed E-state index contributed by atoms with van der Waals surface area (Å²) >= 11 is 0. The maximum Gasteiger partial charge on any atom is 0.0642 e. The van der Waals surface area contributed by atoms with Crippen LogP contribution in [0.25, 0.3) is 0 Å². The van der Waals surface area contributed by atoms with Crippen molar-refractivity contribution >= 4 is 5.71 Å². The van der Waals surface area contributed by atoms with Gasteiger partial charge in [0.25, 0.3) is 0 Å². The van der Waals surface area contributed by atoms with Crippen LogP contribution < -0.4 is 0 Å². The third-order valence-corrected chi connectivity index (χ3v) is 1.68. The van der Waals surface area contributed by atoms with Crippen molar-refractivity contribution in [3.05, 3.63) is 35.5 Å². The van der Waals surface area contributed by atoms with Gasteiger partial charge in [-0.2, -0.15) is 0 Å². The molecule has 11 heavy (non-hydrogen) atoms. The summed E-state index contributed by atoms with van der Waals surface area (Å²) in [4.78, 5) is 4.17. The molecule has 0 fully saturated rings. The van der Waals surface area contributed by atoms with Crippen molar-refractivity contribution in [1.29, 1.82) is 0 Å². The fourth-order valence-electron chi connectivity index (χ4n) is 1.09. The van der Waals surface area contributed by atoms with Crippen LogP contribution in [0.2, 0.25) is 0 Å². The van der Waals surface area contributed by atoms with E-state index in [1.807, 2.05) is 25.3 Å². The zero-order valence-electron chi connectivity index (χ0n) is 7.26. The number of allylic oxidation sites excluding steroid dienone is 6. The van der Waals surface area contributed by atoms with E-state index in [0.29, 0.717) is 0 Å². The lowest BCUT2D eigenvalue weighted by Gasteiger charge is -2.07. The van der Waals surface area contributed by atoms with Crippen molar-refractivity contribution < 1.29 is 0 Å². The highest BCUT2D eigenvalue weighted by molar-refractivity contribution is 6.11. The molecule has 0 bridgehead atoms. The van der Waals surface area contributed by atoms with Crippen LogP contribution in [0.4, 0.5) is 0 Å². The molecule has 0 atom stereocenters. The molecule has 0 radical (unpaired) electrons. The zero-order chi connectivity index (χ0) is 8.27. The molecule has 1 aliphatic carbocycles. The van der Waals surface area contributed by atoms with Crippen LogP contribution in [-0.4, -0.2) is 12.8 Å². The molecule has 0 heterocycles. The maximum atomic E-state index is 4.17. The largest absolute Gasteiger partial charge is 0.288 e. The standard InChI is InChI=1S/C10H13N/c1-8(2)9-6-4-5-7-10(9)11-3/h4-7H,1-3H3. The van der Waals surface area contributed by atoms with Gasteiger partial charge < -0.3 is 0 Å². The minimum absolute atomic E-state index is 1.08. The van der Waals surface area contributed by atoms with Gasteiger partial charge in [0.15, 0.2) is 0 Å². The highest BCUT2D eigenvalue weighted by Gasteiger charge is 2.03. The van der Waals surface area contributed by atoms with Gasteiger partial charge in [-0.15, -0.1) is 0 Å². The van der Waals surface area contributed by atoms with E-state index in [9.17, 15) is 0 Å². The Hall–Kier alpha value is -1.11. The summed E-state index contributed by atoms with van der Waals surface area (Å²) < 4.78 is 0. The first kappa shape index (κ1) is 7.99. The second-order valence-corrected chi connectivity index (χ2v) is 2.74. The van der Waals surface area contributed by atoms with Gasteiger partial charge in [0.1, 0.15) is 0 Å². The van der Waals surface area contributed by atoms with Crippen LogP contribution >= 0.6 is 0 Å². The van der Waals surface area contributed by atoms with Crippen LogP contribution in [0.5, 0.6) is 0 Å². The van der Waals surface area contributed by atoms with E-state index in [1.165, 1.54) is 11.1 Å². The lowest BCUT2D eigenvalue weighted by Crippen LogP contribution is -2.01. The minimum Gasteiger partial charge on any atom is -0.288 e. The third-order valence-electron chi connectivity index (χ3n) is 1.68. The van der Waals surface area contributed by atoms with Gasteiger partial charge in [0, 0.05) is 7.05 Å². The SMILES string of the molecule is CN=C1C=CC=CC1=C(C)C. The highest BCUT2D eigenvalue weighted by Crippen LogP contribution is 2.12. The van der Waals surface area contributed by atoms with E-state index in [-0.39, 0.29) is 0 Å². The molecule has 1 nitrogen and oxygen atoms in total. The fourth-order valence-corrected chi connectivity index (χ4v) is 1.09. The molecule has 1 rings (SSSR count). The molecule has 0 aromatic carbocycles. The molecule has 0 saturated carbocycles. The van der Waals surface area contributed by atoms with Crippen LogP contribution in [-0.2, 0) is 0 Å². The number of hydrogen-bond donors (Lipinski definition) is 0. The lowest BCUT2D eigenvalue weighted by atomic mass is 10.0. The summed E-state index contributed by atoms with van der Waals surface area (Å²) in [7, 11) is 1.82. The van der Waals surface area contributed by atoms with Crippen LogP contribution in [0, 0.1) is 0 Å². The number of rotatable bonds is 0. The van der Waals surface area contributed by atoms with E-state index in [2.05, 4.69) is 24.9 Å². The quantitative estimate of drug-likeness (QED) is 0.499. The molecule has 0 N–H and O–H groups in total. The van der Waals surface area contributed by atoms with Crippen molar-refractivity contribution in [3.8, 4) is 0 Å². The molecule has 0 aromatic heterocycles. The second-order valence-electron chi connectivity index (χ2n) is 2.74. The first-order valence-corrected chi connectivity index (χ1v) is 3.75. The van der Waals surface area contributed by atoms with Crippen molar-refractivity contribution in [2.24, 2.45) is 4.99 Å². The van der Waals surface area contributed by atoms with Gasteiger partial charge in [-0.05, 0) is 25.5 Å². The Balaban J connectivity index is 3.08. The van der Waals surface area contributed by atoms with Gasteiger partial charge in [-0.1, -0.05) is 23.8 Å². The Kier molecular flexibility index (Phi) is 2.42. The van der Waals surface area contributed by atoms with Crippen LogP contribution in [0.3, 0.4) is 0 Å².